The van der Waals surface area contributed by atoms with E-state index in [-0.39, 0.29) is 23.4 Å². The lowest BCUT2D eigenvalue weighted by Gasteiger charge is -2.18. The van der Waals surface area contributed by atoms with Crippen LogP contribution in [0.15, 0.2) is 47.0 Å². The number of benzene rings is 2. The van der Waals surface area contributed by atoms with Gasteiger partial charge in [-0.2, -0.15) is 18.2 Å². The minimum Gasteiger partial charge on any atom is -0.485 e. The summed E-state index contributed by atoms with van der Waals surface area (Å²) in [6.45, 7) is 0.439. The summed E-state index contributed by atoms with van der Waals surface area (Å²) in [6.07, 6.45) is -4.93. The van der Waals surface area contributed by atoms with Gasteiger partial charge in [-0.1, -0.05) is 17.3 Å². The molecule has 1 aromatic heterocycles. The number of halogens is 5. The average molecular weight is 439 g/mol. The maximum absolute atomic E-state index is 14.4. The van der Waals surface area contributed by atoms with E-state index in [4.69, 9.17) is 4.74 Å². The van der Waals surface area contributed by atoms with Gasteiger partial charge < -0.3 is 14.2 Å². The van der Waals surface area contributed by atoms with Crippen molar-refractivity contribution in [2.75, 3.05) is 13.1 Å². The van der Waals surface area contributed by atoms with Gasteiger partial charge in [0.05, 0.1) is 12.1 Å². The lowest BCUT2D eigenvalue weighted by atomic mass is 10.2. The molecule has 1 aliphatic rings. The van der Waals surface area contributed by atoms with Crippen LogP contribution in [0.5, 0.6) is 5.75 Å². The number of hydrogen-bond donors (Lipinski definition) is 0. The second-order valence-electron chi connectivity index (χ2n) is 6.83. The molecule has 6 nitrogen and oxygen atoms in total. The molecule has 2 aromatic carbocycles. The standard InChI is InChI=1S/C20H14F5N3O3/c21-14-4-2-1-3-13(14)18(29)28-8-7-12(10-28)30-16-6-5-11(9-15(16)22)17-26-19(31-27-17)20(23,24)25/h1-6,9,12H,7-8,10H2/t12-/m1/s1. The van der Waals surface area contributed by atoms with Gasteiger partial charge in [-0.25, -0.2) is 8.78 Å². The fourth-order valence-electron chi connectivity index (χ4n) is 3.18. The van der Waals surface area contributed by atoms with Crippen LogP contribution in [0.3, 0.4) is 0 Å². The van der Waals surface area contributed by atoms with Gasteiger partial charge in [0, 0.05) is 18.5 Å². The molecule has 1 atom stereocenters. The van der Waals surface area contributed by atoms with Gasteiger partial charge in [-0.15, -0.1) is 0 Å². The molecule has 1 saturated heterocycles. The average Bonchev–Trinajstić information content (AvgIpc) is 3.39. The summed E-state index contributed by atoms with van der Waals surface area (Å²) >= 11 is 0. The molecule has 0 bridgehead atoms. The maximum Gasteiger partial charge on any atom is 0.471 e. The summed E-state index contributed by atoms with van der Waals surface area (Å²) in [5, 5.41) is 3.20. The third-order valence-electron chi connectivity index (χ3n) is 4.69. The number of ether oxygens (including phenoxy) is 1. The highest BCUT2D eigenvalue weighted by atomic mass is 19.4. The zero-order valence-electron chi connectivity index (χ0n) is 15.7. The van der Waals surface area contributed by atoms with Crippen LogP contribution in [0.25, 0.3) is 11.4 Å². The molecule has 4 rings (SSSR count). The molecule has 0 radical (unpaired) electrons. The Morgan fingerprint density at radius 3 is 2.58 bits per heavy atom. The van der Waals surface area contributed by atoms with E-state index < -0.39 is 41.5 Å². The molecule has 162 valence electrons. The first-order valence-corrected chi connectivity index (χ1v) is 9.13. The van der Waals surface area contributed by atoms with Gasteiger partial charge >= 0.3 is 12.1 Å². The van der Waals surface area contributed by atoms with Crippen molar-refractivity contribution in [2.45, 2.75) is 18.7 Å². The minimum atomic E-state index is -4.80. The summed E-state index contributed by atoms with van der Waals surface area (Å²) < 4.78 is 75.7. The molecular weight excluding hydrogens is 425 g/mol. The highest BCUT2D eigenvalue weighted by molar-refractivity contribution is 5.94. The number of hydrogen-bond acceptors (Lipinski definition) is 5. The van der Waals surface area contributed by atoms with Gasteiger partial charge in [0.15, 0.2) is 11.6 Å². The fourth-order valence-corrected chi connectivity index (χ4v) is 3.18. The van der Waals surface area contributed by atoms with Crippen molar-refractivity contribution in [3.05, 3.63) is 65.6 Å². The Labute approximate surface area is 172 Å². The number of rotatable bonds is 4. The van der Waals surface area contributed by atoms with Gasteiger partial charge in [-0.05, 0) is 30.3 Å². The Kier molecular flexibility index (Phi) is 5.34. The molecule has 2 heterocycles. The molecule has 11 heteroatoms. The summed E-state index contributed by atoms with van der Waals surface area (Å²) in [7, 11) is 0. The van der Waals surface area contributed by atoms with Gasteiger partial charge in [0.1, 0.15) is 11.9 Å². The fraction of sp³-hybridized carbons (Fsp3) is 0.250. The van der Waals surface area contributed by atoms with Crippen LogP contribution < -0.4 is 4.74 Å². The van der Waals surface area contributed by atoms with Crippen LogP contribution in [0, 0.1) is 11.6 Å². The summed E-state index contributed by atoms with van der Waals surface area (Å²) in [6, 6.07) is 9.06. The Bertz CT molecular complexity index is 1120. The van der Waals surface area contributed by atoms with Crippen molar-refractivity contribution < 1.29 is 36.0 Å². The predicted octanol–water partition coefficient (Wildman–Crippen LogP) is 4.33. The molecule has 0 aliphatic carbocycles. The Hall–Kier alpha value is -3.50. The number of aromatic nitrogens is 2. The Balaban J connectivity index is 1.43. The SMILES string of the molecule is O=C(c1ccccc1F)N1CC[C@@H](Oc2ccc(-c3noc(C(F)(F)F)n3)cc2F)C1. The number of amides is 1. The van der Waals surface area contributed by atoms with E-state index in [2.05, 4.69) is 14.7 Å². The highest BCUT2D eigenvalue weighted by Crippen LogP contribution is 2.31. The molecule has 0 unspecified atom stereocenters. The van der Waals surface area contributed by atoms with E-state index in [0.717, 1.165) is 6.07 Å². The van der Waals surface area contributed by atoms with Crippen molar-refractivity contribution in [2.24, 2.45) is 0 Å². The molecule has 0 N–H and O–H groups in total. The minimum absolute atomic E-state index is 0.0214. The first-order valence-electron chi connectivity index (χ1n) is 9.13. The van der Waals surface area contributed by atoms with E-state index in [1.165, 1.54) is 35.2 Å². The highest BCUT2D eigenvalue weighted by Gasteiger charge is 2.38. The van der Waals surface area contributed by atoms with E-state index in [0.29, 0.717) is 13.0 Å². The van der Waals surface area contributed by atoms with Crippen LogP contribution in [0.4, 0.5) is 22.0 Å². The molecule has 1 aliphatic heterocycles. The molecule has 3 aromatic rings. The summed E-state index contributed by atoms with van der Waals surface area (Å²) in [5.74, 6) is -4.05. The first-order chi connectivity index (χ1) is 14.7. The monoisotopic (exact) mass is 439 g/mol. The molecule has 0 spiro atoms. The summed E-state index contributed by atoms with van der Waals surface area (Å²) in [5.41, 5.74) is -0.0797. The topological polar surface area (TPSA) is 68.5 Å². The van der Waals surface area contributed by atoms with Crippen molar-refractivity contribution in [3.63, 3.8) is 0 Å². The Morgan fingerprint density at radius 2 is 1.90 bits per heavy atom. The number of carbonyl (C=O) groups excluding carboxylic acids is 1. The maximum atomic E-state index is 14.4. The van der Waals surface area contributed by atoms with Gasteiger partial charge in [0.2, 0.25) is 5.82 Å². The van der Waals surface area contributed by atoms with E-state index in [1.807, 2.05) is 0 Å². The van der Waals surface area contributed by atoms with Crippen LogP contribution >= 0.6 is 0 Å². The van der Waals surface area contributed by atoms with Crippen LogP contribution in [-0.2, 0) is 6.18 Å². The number of likely N-dealkylation sites (tertiary alicyclic amines) is 1. The normalized spacial score (nSPS) is 16.5. The number of alkyl halides is 3. The molecule has 1 fully saturated rings. The Morgan fingerprint density at radius 1 is 1.13 bits per heavy atom. The quantitative estimate of drug-likeness (QED) is 0.567. The van der Waals surface area contributed by atoms with E-state index in [1.54, 1.807) is 6.07 Å². The zero-order chi connectivity index (χ0) is 22.2. The first kappa shape index (κ1) is 20.8. The second-order valence-corrected chi connectivity index (χ2v) is 6.83. The number of nitrogens with zero attached hydrogens (tertiary/aromatic N) is 3. The largest absolute Gasteiger partial charge is 0.485 e. The van der Waals surface area contributed by atoms with E-state index >= 15 is 0 Å². The molecule has 31 heavy (non-hydrogen) atoms. The van der Waals surface area contributed by atoms with Gasteiger partial charge in [-0.3, -0.25) is 4.79 Å². The smallest absolute Gasteiger partial charge is 0.471 e. The van der Waals surface area contributed by atoms with Crippen LogP contribution in [0.1, 0.15) is 22.7 Å². The zero-order valence-corrected chi connectivity index (χ0v) is 15.7. The third-order valence-corrected chi connectivity index (χ3v) is 4.69. The van der Waals surface area contributed by atoms with Gasteiger partial charge in [0.25, 0.3) is 5.91 Å². The second kappa shape index (κ2) is 7.97. The lowest BCUT2D eigenvalue weighted by Crippen LogP contribution is -2.31. The third kappa shape index (κ3) is 4.35. The van der Waals surface area contributed by atoms with E-state index in [9.17, 15) is 26.7 Å². The van der Waals surface area contributed by atoms with Crippen LogP contribution in [-0.4, -0.2) is 40.1 Å². The lowest BCUT2D eigenvalue weighted by molar-refractivity contribution is -0.159. The molecular formula is C20H14F5N3O3. The van der Waals surface area contributed by atoms with Crippen molar-refractivity contribution in [1.82, 2.24) is 15.0 Å². The van der Waals surface area contributed by atoms with Crippen LogP contribution in [0.2, 0.25) is 0 Å². The van der Waals surface area contributed by atoms with Crippen molar-refractivity contribution >= 4 is 5.91 Å². The van der Waals surface area contributed by atoms with Crippen molar-refractivity contribution in [1.29, 1.82) is 0 Å². The number of carbonyl (C=O) groups is 1. The molecule has 0 saturated carbocycles. The predicted molar refractivity (Wildman–Crippen MR) is 96.0 cm³/mol. The summed E-state index contributed by atoms with van der Waals surface area (Å²) in [4.78, 5) is 17.1. The molecule has 1 amide bonds. The van der Waals surface area contributed by atoms with Crippen molar-refractivity contribution in [3.8, 4) is 17.1 Å².